The second kappa shape index (κ2) is 2.14. The first-order valence-corrected chi connectivity index (χ1v) is 4.61. The lowest BCUT2D eigenvalue weighted by Gasteiger charge is -2.14. The Labute approximate surface area is 77.4 Å². The van der Waals surface area contributed by atoms with Gasteiger partial charge in [0, 0.05) is 6.42 Å². The van der Waals surface area contributed by atoms with Crippen LogP contribution in [0.4, 0.5) is 0 Å². The quantitative estimate of drug-likeness (QED) is 0.451. The SMILES string of the molecule is COC(=O)C12C(=O)CCC1C2(C)C. The molecule has 0 amide bonds. The van der Waals surface area contributed by atoms with Crippen molar-refractivity contribution in [2.45, 2.75) is 26.7 Å². The van der Waals surface area contributed by atoms with Gasteiger partial charge < -0.3 is 4.74 Å². The van der Waals surface area contributed by atoms with Crippen molar-refractivity contribution in [2.75, 3.05) is 7.11 Å². The molecule has 0 heterocycles. The van der Waals surface area contributed by atoms with Crippen molar-refractivity contribution in [3.05, 3.63) is 0 Å². The Morgan fingerprint density at radius 3 is 2.54 bits per heavy atom. The Morgan fingerprint density at radius 2 is 2.15 bits per heavy atom. The van der Waals surface area contributed by atoms with E-state index in [2.05, 4.69) is 0 Å². The standard InChI is InChI=1S/C10H14O3/c1-9(2)6-4-5-7(11)10(6,9)8(12)13-3/h6H,4-5H2,1-3H3. The van der Waals surface area contributed by atoms with Gasteiger partial charge in [0.05, 0.1) is 7.11 Å². The molecule has 2 atom stereocenters. The molecule has 0 bridgehead atoms. The Hall–Kier alpha value is -0.860. The predicted octanol–water partition coefficient (Wildman–Crippen LogP) is 1.16. The van der Waals surface area contributed by atoms with Crippen LogP contribution in [0.15, 0.2) is 0 Å². The summed E-state index contributed by atoms with van der Waals surface area (Å²) in [6, 6.07) is 0. The van der Waals surface area contributed by atoms with Crippen LogP contribution in [0.25, 0.3) is 0 Å². The molecule has 3 heteroatoms. The van der Waals surface area contributed by atoms with Crippen LogP contribution in [-0.2, 0) is 14.3 Å². The fraction of sp³-hybridized carbons (Fsp3) is 0.800. The minimum Gasteiger partial charge on any atom is -0.468 e. The van der Waals surface area contributed by atoms with E-state index in [0.29, 0.717) is 6.42 Å². The van der Waals surface area contributed by atoms with Crippen LogP contribution in [-0.4, -0.2) is 18.9 Å². The summed E-state index contributed by atoms with van der Waals surface area (Å²) in [7, 11) is 1.36. The van der Waals surface area contributed by atoms with Crippen molar-refractivity contribution in [3.8, 4) is 0 Å². The zero-order valence-corrected chi connectivity index (χ0v) is 8.22. The molecule has 2 aliphatic carbocycles. The van der Waals surface area contributed by atoms with Crippen LogP contribution in [0, 0.1) is 16.7 Å². The minimum atomic E-state index is -0.776. The van der Waals surface area contributed by atoms with Crippen LogP contribution < -0.4 is 0 Å². The van der Waals surface area contributed by atoms with Gasteiger partial charge in [-0.3, -0.25) is 9.59 Å². The molecule has 0 saturated heterocycles. The summed E-state index contributed by atoms with van der Waals surface area (Å²) in [6.07, 6.45) is 1.39. The van der Waals surface area contributed by atoms with E-state index in [1.807, 2.05) is 13.8 Å². The maximum absolute atomic E-state index is 11.7. The molecule has 13 heavy (non-hydrogen) atoms. The molecule has 72 valence electrons. The zero-order chi connectivity index (χ0) is 9.85. The number of fused-ring (bicyclic) bond motifs is 1. The topological polar surface area (TPSA) is 43.4 Å². The summed E-state index contributed by atoms with van der Waals surface area (Å²) in [5, 5.41) is 0. The molecule has 0 radical (unpaired) electrons. The first-order valence-electron chi connectivity index (χ1n) is 4.61. The monoisotopic (exact) mass is 182 g/mol. The molecule has 0 spiro atoms. The summed E-state index contributed by atoms with van der Waals surface area (Å²) in [5.74, 6) is -0.0284. The van der Waals surface area contributed by atoms with Gasteiger partial charge in [-0.05, 0) is 17.8 Å². The van der Waals surface area contributed by atoms with Gasteiger partial charge in [0.25, 0.3) is 0 Å². The Morgan fingerprint density at radius 1 is 1.54 bits per heavy atom. The Kier molecular flexibility index (Phi) is 1.44. The number of hydrogen-bond acceptors (Lipinski definition) is 3. The van der Waals surface area contributed by atoms with E-state index < -0.39 is 5.41 Å². The average Bonchev–Trinajstić information content (AvgIpc) is 2.41. The summed E-state index contributed by atoms with van der Waals surface area (Å²) in [4.78, 5) is 23.2. The summed E-state index contributed by atoms with van der Waals surface area (Å²) < 4.78 is 4.73. The Balaban J connectivity index is 2.40. The highest BCUT2D eigenvalue weighted by Crippen LogP contribution is 2.75. The fourth-order valence-electron chi connectivity index (χ4n) is 3.15. The molecule has 2 fully saturated rings. The second-order valence-electron chi connectivity index (χ2n) is 4.54. The smallest absolute Gasteiger partial charge is 0.320 e. The number of ketones is 1. The lowest BCUT2D eigenvalue weighted by atomic mass is 9.90. The van der Waals surface area contributed by atoms with Gasteiger partial charge in [0.1, 0.15) is 5.41 Å². The fourth-order valence-corrected chi connectivity index (χ4v) is 3.15. The first kappa shape index (κ1) is 8.73. The van der Waals surface area contributed by atoms with Gasteiger partial charge in [-0.15, -0.1) is 0 Å². The van der Waals surface area contributed by atoms with E-state index in [-0.39, 0.29) is 23.1 Å². The highest BCUT2D eigenvalue weighted by Gasteiger charge is 2.82. The number of carbonyl (C=O) groups excluding carboxylic acids is 2. The molecule has 0 aromatic heterocycles. The number of ether oxygens (including phenoxy) is 1. The van der Waals surface area contributed by atoms with E-state index >= 15 is 0 Å². The van der Waals surface area contributed by atoms with Gasteiger partial charge in [-0.25, -0.2) is 0 Å². The lowest BCUT2D eigenvalue weighted by Crippen LogP contribution is -2.30. The predicted molar refractivity (Wildman–Crippen MR) is 46.0 cm³/mol. The van der Waals surface area contributed by atoms with Gasteiger partial charge in [-0.2, -0.15) is 0 Å². The molecule has 0 aromatic carbocycles. The highest BCUT2D eigenvalue weighted by molar-refractivity contribution is 6.10. The summed E-state index contributed by atoms with van der Waals surface area (Å²) in [6.45, 7) is 3.96. The van der Waals surface area contributed by atoms with Crippen molar-refractivity contribution >= 4 is 11.8 Å². The second-order valence-corrected chi connectivity index (χ2v) is 4.54. The largest absolute Gasteiger partial charge is 0.468 e. The van der Waals surface area contributed by atoms with E-state index in [1.54, 1.807) is 0 Å². The van der Waals surface area contributed by atoms with Crippen molar-refractivity contribution < 1.29 is 14.3 Å². The van der Waals surface area contributed by atoms with Crippen LogP contribution in [0.1, 0.15) is 26.7 Å². The zero-order valence-electron chi connectivity index (χ0n) is 8.22. The third kappa shape index (κ3) is 0.675. The van der Waals surface area contributed by atoms with E-state index in [1.165, 1.54) is 7.11 Å². The van der Waals surface area contributed by atoms with E-state index in [4.69, 9.17) is 4.74 Å². The molecule has 2 saturated carbocycles. The molecular formula is C10H14O3. The summed E-state index contributed by atoms with van der Waals surface area (Å²) in [5.41, 5.74) is -0.947. The van der Waals surface area contributed by atoms with E-state index in [0.717, 1.165) is 6.42 Å². The number of rotatable bonds is 1. The van der Waals surface area contributed by atoms with Crippen LogP contribution in [0.5, 0.6) is 0 Å². The lowest BCUT2D eigenvalue weighted by molar-refractivity contribution is -0.152. The van der Waals surface area contributed by atoms with Gasteiger partial charge >= 0.3 is 5.97 Å². The van der Waals surface area contributed by atoms with E-state index in [9.17, 15) is 9.59 Å². The molecule has 0 aliphatic heterocycles. The summed E-state index contributed by atoms with van der Waals surface area (Å²) >= 11 is 0. The molecule has 2 aliphatic rings. The minimum absolute atomic E-state index is 0.0781. The molecule has 2 rings (SSSR count). The number of methoxy groups -OCH3 is 1. The van der Waals surface area contributed by atoms with Gasteiger partial charge in [-0.1, -0.05) is 13.8 Å². The first-order chi connectivity index (χ1) is 5.99. The number of hydrogen-bond donors (Lipinski definition) is 0. The van der Waals surface area contributed by atoms with Crippen molar-refractivity contribution in [3.63, 3.8) is 0 Å². The maximum atomic E-state index is 11.7. The third-order valence-electron chi connectivity index (χ3n) is 3.93. The molecular weight excluding hydrogens is 168 g/mol. The average molecular weight is 182 g/mol. The highest BCUT2D eigenvalue weighted by atomic mass is 16.5. The van der Waals surface area contributed by atoms with Gasteiger partial charge in [0.15, 0.2) is 5.78 Å². The van der Waals surface area contributed by atoms with Crippen molar-refractivity contribution in [2.24, 2.45) is 16.7 Å². The normalized spacial score (nSPS) is 39.9. The van der Waals surface area contributed by atoms with Crippen molar-refractivity contribution in [1.29, 1.82) is 0 Å². The molecule has 2 unspecified atom stereocenters. The number of carbonyl (C=O) groups is 2. The van der Waals surface area contributed by atoms with Gasteiger partial charge in [0.2, 0.25) is 0 Å². The molecule has 0 N–H and O–H groups in total. The third-order valence-corrected chi connectivity index (χ3v) is 3.93. The Bertz CT molecular complexity index is 293. The van der Waals surface area contributed by atoms with Crippen LogP contribution >= 0.6 is 0 Å². The molecule has 0 aromatic rings. The van der Waals surface area contributed by atoms with Crippen LogP contribution in [0.2, 0.25) is 0 Å². The molecule has 3 nitrogen and oxygen atoms in total. The number of Topliss-reactive ketones (excluding diaryl/α,β-unsaturated/α-hetero) is 1. The number of esters is 1. The van der Waals surface area contributed by atoms with Crippen molar-refractivity contribution in [1.82, 2.24) is 0 Å². The maximum Gasteiger partial charge on any atom is 0.320 e. The van der Waals surface area contributed by atoms with Crippen LogP contribution in [0.3, 0.4) is 0 Å².